The molecule has 0 bridgehead atoms. The minimum Gasteiger partial charge on any atom is -0.295 e. The maximum Gasteiger partial charge on any atom is 0.155 e. The lowest BCUT2D eigenvalue weighted by Crippen LogP contribution is -1.94. The zero-order chi connectivity index (χ0) is 10.1. The van der Waals surface area contributed by atoms with Gasteiger partial charge in [-0.1, -0.05) is 39.2 Å². The van der Waals surface area contributed by atoms with E-state index in [1.165, 1.54) is 18.4 Å². The van der Waals surface area contributed by atoms with Crippen molar-refractivity contribution in [1.29, 1.82) is 0 Å². The molecule has 0 aliphatic carbocycles. The molecule has 13 heavy (non-hydrogen) atoms. The molecule has 0 aliphatic rings. The van der Waals surface area contributed by atoms with Crippen LogP contribution in [0.3, 0.4) is 0 Å². The summed E-state index contributed by atoms with van der Waals surface area (Å²) >= 11 is 0. The lowest BCUT2D eigenvalue weighted by Gasteiger charge is -1.99. The second-order valence-corrected chi connectivity index (χ2v) is 3.43. The predicted molar refractivity (Wildman–Crippen MR) is 57.8 cm³/mol. The van der Waals surface area contributed by atoms with Crippen molar-refractivity contribution in [1.82, 2.24) is 0 Å². The van der Waals surface area contributed by atoms with E-state index in [-0.39, 0.29) is 0 Å². The Hall–Kier alpha value is -0.590. The molecule has 0 radical (unpaired) electrons. The summed E-state index contributed by atoms with van der Waals surface area (Å²) in [5.41, 5.74) is 1.28. The van der Waals surface area contributed by atoms with Gasteiger partial charge < -0.3 is 0 Å². The molecule has 0 saturated carbocycles. The zero-order valence-corrected chi connectivity index (χ0v) is 9.23. The van der Waals surface area contributed by atoms with E-state index in [0.717, 1.165) is 25.7 Å². The van der Waals surface area contributed by atoms with Crippen LogP contribution < -0.4 is 0 Å². The molecule has 0 aromatic heterocycles. The molecule has 0 heterocycles. The summed E-state index contributed by atoms with van der Waals surface area (Å²) in [4.78, 5) is 11.4. The predicted octanol–water partition coefficient (Wildman–Crippen LogP) is 3.88. The van der Waals surface area contributed by atoms with E-state index in [1.54, 1.807) is 0 Å². The lowest BCUT2D eigenvalue weighted by atomic mass is 10.1. The number of allylic oxidation sites excluding steroid dienone is 2. The molecule has 0 aromatic rings. The second-order valence-electron chi connectivity index (χ2n) is 3.43. The minimum atomic E-state index is 0.312. The van der Waals surface area contributed by atoms with Crippen LogP contribution in [0.5, 0.6) is 0 Å². The van der Waals surface area contributed by atoms with Crippen LogP contribution in [0, 0.1) is 0 Å². The first-order valence-corrected chi connectivity index (χ1v) is 5.46. The third-order valence-electron chi connectivity index (χ3n) is 2.30. The van der Waals surface area contributed by atoms with Gasteiger partial charge in [0.05, 0.1) is 0 Å². The standard InChI is InChI=1S/C12H22O/c1-4-7-8-9-12(13)10-11(5-2)6-3/h10H,4-9H2,1-3H3. The Kier molecular flexibility index (Phi) is 7.66. The van der Waals surface area contributed by atoms with Crippen LogP contribution in [0.25, 0.3) is 0 Å². The molecular weight excluding hydrogens is 160 g/mol. The van der Waals surface area contributed by atoms with Gasteiger partial charge in [-0.15, -0.1) is 0 Å². The van der Waals surface area contributed by atoms with Crippen molar-refractivity contribution in [3.8, 4) is 0 Å². The Morgan fingerprint density at radius 3 is 2.15 bits per heavy atom. The summed E-state index contributed by atoms with van der Waals surface area (Å²) in [5, 5.41) is 0. The smallest absolute Gasteiger partial charge is 0.155 e. The number of unbranched alkanes of at least 4 members (excludes halogenated alkanes) is 2. The van der Waals surface area contributed by atoms with E-state index in [0.29, 0.717) is 5.78 Å². The number of carbonyl (C=O) groups excluding carboxylic acids is 1. The average molecular weight is 182 g/mol. The Balaban J connectivity index is 3.76. The first-order chi connectivity index (χ1) is 6.24. The minimum absolute atomic E-state index is 0.312. The van der Waals surface area contributed by atoms with E-state index < -0.39 is 0 Å². The van der Waals surface area contributed by atoms with Gasteiger partial charge in [0.1, 0.15) is 0 Å². The van der Waals surface area contributed by atoms with E-state index in [2.05, 4.69) is 20.8 Å². The van der Waals surface area contributed by atoms with Gasteiger partial charge in [-0.25, -0.2) is 0 Å². The van der Waals surface area contributed by atoms with Gasteiger partial charge in [-0.05, 0) is 25.3 Å². The molecule has 1 nitrogen and oxygen atoms in total. The Bertz CT molecular complexity index is 162. The quantitative estimate of drug-likeness (QED) is 0.431. The van der Waals surface area contributed by atoms with Crippen LogP contribution >= 0.6 is 0 Å². The maximum absolute atomic E-state index is 11.4. The van der Waals surface area contributed by atoms with Crippen molar-refractivity contribution >= 4 is 5.78 Å². The van der Waals surface area contributed by atoms with Gasteiger partial charge >= 0.3 is 0 Å². The molecule has 0 aromatic carbocycles. The summed E-state index contributed by atoms with van der Waals surface area (Å²) in [6.07, 6.45) is 8.00. The molecule has 0 N–H and O–H groups in total. The van der Waals surface area contributed by atoms with Gasteiger partial charge in [-0.3, -0.25) is 4.79 Å². The summed E-state index contributed by atoms with van der Waals surface area (Å²) in [6, 6.07) is 0. The molecular formula is C12H22O. The summed E-state index contributed by atoms with van der Waals surface area (Å²) in [7, 11) is 0. The summed E-state index contributed by atoms with van der Waals surface area (Å²) in [6.45, 7) is 6.37. The fourth-order valence-electron chi connectivity index (χ4n) is 1.30. The molecule has 0 fully saturated rings. The monoisotopic (exact) mass is 182 g/mol. The van der Waals surface area contributed by atoms with Gasteiger partial charge in [0.25, 0.3) is 0 Å². The summed E-state index contributed by atoms with van der Waals surface area (Å²) < 4.78 is 0. The highest BCUT2D eigenvalue weighted by atomic mass is 16.1. The second kappa shape index (κ2) is 8.03. The number of ketones is 1. The van der Waals surface area contributed by atoms with Crippen LogP contribution in [0.1, 0.15) is 59.3 Å². The van der Waals surface area contributed by atoms with Crippen molar-refractivity contribution in [2.45, 2.75) is 59.3 Å². The van der Waals surface area contributed by atoms with Gasteiger partial charge in [-0.2, -0.15) is 0 Å². The molecule has 0 amide bonds. The van der Waals surface area contributed by atoms with Crippen LogP contribution in [0.4, 0.5) is 0 Å². The molecule has 1 heteroatoms. The third kappa shape index (κ3) is 6.56. The fraction of sp³-hybridized carbons (Fsp3) is 0.750. The molecule has 0 rings (SSSR count). The molecule has 0 aliphatic heterocycles. The van der Waals surface area contributed by atoms with Gasteiger partial charge in [0, 0.05) is 6.42 Å². The largest absolute Gasteiger partial charge is 0.295 e. The zero-order valence-electron chi connectivity index (χ0n) is 9.23. The molecule has 76 valence electrons. The normalized spacial score (nSPS) is 9.77. The Morgan fingerprint density at radius 2 is 1.69 bits per heavy atom. The topological polar surface area (TPSA) is 17.1 Å². The highest BCUT2D eigenvalue weighted by molar-refractivity contribution is 5.90. The average Bonchev–Trinajstić information content (AvgIpc) is 2.14. The first-order valence-electron chi connectivity index (χ1n) is 5.46. The van der Waals surface area contributed by atoms with Crippen molar-refractivity contribution in [3.05, 3.63) is 11.6 Å². The number of hydrogen-bond acceptors (Lipinski definition) is 1. The van der Waals surface area contributed by atoms with Crippen LogP contribution in [0.2, 0.25) is 0 Å². The number of hydrogen-bond donors (Lipinski definition) is 0. The van der Waals surface area contributed by atoms with E-state index in [4.69, 9.17) is 0 Å². The van der Waals surface area contributed by atoms with Crippen molar-refractivity contribution in [2.75, 3.05) is 0 Å². The SMILES string of the molecule is CCCCCC(=O)C=C(CC)CC. The molecule has 0 spiro atoms. The van der Waals surface area contributed by atoms with Crippen molar-refractivity contribution in [2.24, 2.45) is 0 Å². The fourth-order valence-corrected chi connectivity index (χ4v) is 1.30. The molecule has 0 saturated heterocycles. The van der Waals surface area contributed by atoms with E-state index in [1.807, 2.05) is 6.08 Å². The number of carbonyl (C=O) groups is 1. The van der Waals surface area contributed by atoms with Crippen molar-refractivity contribution in [3.63, 3.8) is 0 Å². The number of rotatable bonds is 7. The highest BCUT2D eigenvalue weighted by Gasteiger charge is 1.98. The Morgan fingerprint density at radius 1 is 1.08 bits per heavy atom. The van der Waals surface area contributed by atoms with Crippen LogP contribution in [-0.4, -0.2) is 5.78 Å². The molecule has 0 atom stereocenters. The van der Waals surface area contributed by atoms with Crippen molar-refractivity contribution < 1.29 is 4.79 Å². The summed E-state index contributed by atoms with van der Waals surface area (Å²) in [5.74, 6) is 0.312. The van der Waals surface area contributed by atoms with Crippen LogP contribution in [-0.2, 0) is 4.79 Å². The van der Waals surface area contributed by atoms with Crippen LogP contribution in [0.15, 0.2) is 11.6 Å². The maximum atomic E-state index is 11.4. The third-order valence-corrected chi connectivity index (χ3v) is 2.30. The molecule has 0 unspecified atom stereocenters. The highest BCUT2D eigenvalue weighted by Crippen LogP contribution is 2.07. The van der Waals surface area contributed by atoms with E-state index in [9.17, 15) is 4.79 Å². The first kappa shape index (κ1) is 12.4. The van der Waals surface area contributed by atoms with Gasteiger partial charge in [0.15, 0.2) is 5.78 Å². The Labute approximate surface area is 82.2 Å². The van der Waals surface area contributed by atoms with Gasteiger partial charge in [0.2, 0.25) is 0 Å². The lowest BCUT2D eigenvalue weighted by molar-refractivity contribution is -0.114. The van der Waals surface area contributed by atoms with E-state index >= 15 is 0 Å².